The van der Waals surface area contributed by atoms with Crippen LogP contribution in [0.3, 0.4) is 0 Å². The zero-order valence-corrected chi connectivity index (χ0v) is 19.4. The molecule has 0 bridgehead atoms. The average molecular weight is 490 g/mol. The second-order valence-electron chi connectivity index (χ2n) is 7.27. The van der Waals surface area contributed by atoms with Crippen molar-refractivity contribution in [2.45, 2.75) is 13.8 Å². The van der Waals surface area contributed by atoms with Gasteiger partial charge in [0.05, 0.1) is 22.8 Å². The van der Waals surface area contributed by atoms with E-state index in [1.807, 2.05) is 6.92 Å². The fourth-order valence-corrected chi connectivity index (χ4v) is 2.89. The van der Waals surface area contributed by atoms with Crippen molar-refractivity contribution in [1.82, 2.24) is 5.43 Å². The minimum atomic E-state index is -0.947. The first-order valence-electron chi connectivity index (χ1n) is 10.7. The van der Waals surface area contributed by atoms with E-state index >= 15 is 0 Å². The van der Waals surface area contributed by atoms with Crippen LogP contribution in [0.25, 0.3) is 0 Å². The number of nitrogens with one attached hydrogen (secondary N) is 2. The molecule has 184 valence electrons. The summed E-state index contributed by atoms with van der Waals surface area (Å²) in [6, 6.07) is 17.9. The van der Waals surface area contributed by atoms with Gasteiger partial charge in [-0.15, -0.1) is 0 Å². The number of hydrogen-bond acceptors (Lipinski definition) is 8. The number of nitrogens with zero attached hydrogens (tertiary/aromatic N) is 2. The lowest BCUT2D eigenvalue weighted by molar-refractivity contribution is -0.384. The predicted molar refractivity (Wildman–Crippen MR) is 131 cm³/mol. The Labute approximate surface area is 205 Å². The van der Waals surface area contributed by atoms with E-state index in [-0.39, 0.29) is 17.0 Å². The molecule has 0 radical (unpaired) electrons. The third-order valence-electron chi connectivity index (χ3n) is 4.75. The standard InChI is InChI=1S/C25H22N4O7/c1-3-35-21-14-8-19(9-15-21)26-23(30)24(31)28-27-16(2)17-6-12-22(13-7-17)36-25(32)18-4-10-20(11-5-18)29(33)34/h4-15H,3H2,1-2H3,(H,26,30)(H,28,31)/b27-16+. The van der Waals surface area contributed by atoms with Crippen LogP contribution < -0.4 is 20.2 Å². The molecule has 3 aromatic rings. The number of benzene rings is 3. The van der Waals surface area contributed by atoms with Crippen LogP contribution >= 0.6 is 0 Å². The van der Waals surface area contributed by atoms with Gasteiger partial charge in [0.15, 0.2) is 0 Å². The zero-order valence-electron chi connectivity index (χ0n) is 19.4. The minimum Gasteiger partial charge on any atom is -0.494 e. The average Bonchev–Trinajstić information content (AvgIpc) is 2.88. The number of esters is 1. The lowest BCUT2D eigenvalue weighted by atomic mass is 10.1. The highest BCUT2D eigenvalue weighted by molar-refractivity contribution is 6.39. The summed E-state index contributed by atoms with van der Waals surface area (Å²) in [6.07, 6.45) is 0. The Morgan fingerprint density at radius 1 is 0.861 bits per heavy atom. The van der Waals surface area contributed by atoms with Crippen molar-refractivity contribution >= 4 is 34.9 Å². The van der Waals surface area contributed by atoms with Gasteiger partial charge in [0.25, 0.3) is 5.69 Å². The first-order chi connectivity index (χ1) is 17.3. The molecule has 3 aromatic carbocycles. The highest BCUT2D eigenvalue weighted by Gasteiger charge is 2.14. The van der Waals surface area contributed by atoms with Crippen LogP contribution in [0.4, 0.5) is 11.4 Å². The van der Waals surface area contributed by atoms with Crippen molar-refractivity contribution in [3.8, 4) is 11.5 Å². The third kappa shape index (κ3) is 6.97. The Morgan fingerprint density at radius 2 is 1.44 bits per heavy atom. The largest absolute Gasteiger partial charge is 0.494 e. The van der Waals surface area contributed by atoms with Crippen LogP contribution in [-0.4, -0.2) is 35.0 Å². The van der Waals surface area contributed by atoms with E-state index in [2.05, 4.69) is 15.8 Å². The van der Waals surface area contributed by atoms with E-state index < -0.39 is 22.7 Å². The summed E-state index contributed by atoms with van der Waals surface area (Å²) in [5, 5.41) is 17.1. The highest BCUT2D eigenvalue weighted by Crippen LogP contribution is 2.17. The van der Waals surface area contributed by atoms with Gasteiger partial charge >= 0.3 is 17.8 Å². The van der Waals surface area contributed by atoms with Crippen molar-refractivity contribution in [2.24, 2.45) is 5.10 Å². The summed E-state index contributed by atoms with van der Waals surface area (Å²) in [4.78, 5) is 46.5. The lowest BCUT2D eigenvalue weighted by Gasteiger charge is -2.07. The zero-order chi connectivity index (χ0) is 26.1. The van der Waals surface area contributed by atoms with Crippen molar-refractivity contribution in [1.29, 1.82) is 0 Å². The normalized spacial score (nSPS) is 10.8. The number of carbonyl (C=O) groups is 3. The van der Waals surface area contributed by atoms with Gasteiger partial charge in [-0.3, -0.25) is 19.7 Å². The summed E-state index contributed by atoms with van der Waals surface area (Å²) in [5.74, 6) is -1.61. The molecule has 36 heavy (non-hydrogen) atoms. The molecular weight excluding hydrogens is 468 g/mol. The summed E-state index contributed by atoms with van der Waals surface area (Å²) in [7, 11) is 0. The molecule has 0 spiro atoms. The Morgan fingerprint density at radius 3 is 2.03 bits per heavy atom. The van der Waals surface area contributed by atoms with E-state index in [0.717, 1.165) is 0 Å². The van der Waals surface area contributed by atoms with Crippen LogP contribution in [0.15, 0.2) is 77.9 Å². The maximum Gasteiger partial charge on any atom is 0.343 e. The molecular formula is C25H22N4O7. The molecule has 0 saturated carbocycles. The van der Waals surface area contributed by atoms with Gasteiger partial charge < -0.3 is 14.8 Å². The number of non-ortho nitro benzene ring substituents is 1. The number of anilines is 1. The van der Waals surface area contributed by atoms with E-state index in [0.29, 0.717) is 29.3 Å². The number of hydrazone groups is 1. The Kier molecular flexibility index (Phi) is 8.44. The summed E-state index contributed by atoms with van der Waals surface area (Å²) in [5.41, 5.74) is 3.67. The van der Waals surface area contributed by atoms with Crippen molar-refractivity contribution in [3.05, 3.63) is 94.0 Å². The fourth-order valence-electron chi connectivity index (χ4n) is 2.89. The first kappa shape index (κ1) is 25.6. The SMILES string of the molecule is CCOc1ccc(NC(=O)C(=O)N/N=C(\C)c2ccc(OC(=O)c3ccc([N+](=O)[O-])cc3)cc2)cc1. The maximum absolute atomic E-state index is 12.2. The molecule has 0 fully saturated rings. The van der Waals surface area contributed by atoms with Gasteiger partial charge in [0, 0.05) is 17.8 Å². The molecule has 0 aliphatic heterocycles. The molecule has 2 amide bonds. The fraction of sp³-hybridized carbons (Fsp3) is 0.120. The van der Waals surface area contributed by atoms with Gasteiger partial charge in [-0.2, -0.15) is 5.10 Å². The maximum atomic E-state index is 12.2. The van der Waals surface area contributed by atoms with Crippen molar-refractivity contribution in [3.63, 3.8) is 0 Å². The molecule has 11 nitrogen and oxygen atoms in total. The second-order valence-corrected chi connectivity index (χ2v) is 7.27. The van der Waals surface area contributed by atoms with Crippen LogP contribution in [-0.2, 0) is 9.59 Å². The topological polar surface area (TPSA) is 149 Å². The summed E-state index contributed by atoms with van der Waals surface area (Å²) in [6.45, 7) is 4.00. The van der Waals surface area contributed by atoms with Crippen LogP contribution in [0.1, 0.15) is 29.8 Å². The quantitative estimate of drug-likeness (QED) is 0.122. The number of rotatable bonds is 8. The molecule has 0 atom stereocenters. The monoisotopic (exact) mass is 490 g/mol. The molecule has 0 heterocycles. The summed E-state index contributed by atoms with van der Waals surface area (Å²) >= 11 is 0. The predicted octanol–water partition coefficient (Wildman–Crippen LogP) is 3.69. The molecule has 0 saturated heterocycles. The molecule has 0 aromatic heterocycles. The molecule has 0 aliphatic rings. The first-order valence-corrected chi connectivity index (χ1v) is 10.7. The number of hydrogen-bond donors (Lipinski definition) is 2. The number of amides is 2. The smallest absolute Gasteiger partial charge is 0.343 e. The van der Waals surface area contributed by atoms with Gasteiger partial charge in [-0.05, 0) is 80.1 Å². The van der Waals surface area contributed by atoms with Gasteiger partial charge in [0.2, 0.25) is 0 Å². The Balaban J connectivity index is 1.54. The van der Waals surface area contributed by atoms with Gasteiger partial charge in [0.1, 0.15) is 11.5 Å². The van der Waals surface area contributed by atoms with Crippen LogP contribution in [0.5, 0.6) is 11.5 Å². The minimum absolute atomic E-state index is 0.133. The van der Waals surface area contributed by atoms with Crippen molar-refractivity contribution in [2.75, 3.05) is 11.9 Å². The number of nitro benzene ring substituents is 1. The third-order valence-corrected chi connectivity index (χ3v) is 4.75. The number of carbonyl (C=O) groups excluding carboxylic acids is 3. The molecule has 0 unspecified atom stereocenters. The van der Waals surface area contributed by atoms with E-state index in [4.69, 9.17) is 9.47 Å². The van der Waals surface area contributed by atoms with E-state index in [1.165, 1.54) is 36.4 Å². The molecule has 3 rings (SSSR count). The molecule has 2 N–H and O–H groups in total. The molecule has 0 aliphatic carbocycles. The van der Waals surface area contributed by atoms with E-state index in [9.17, 15) is 24.5 Å². The highest BCUT2D eigenvalue weighted by atomic mass is 16.6. The van der Waals surface area contributed by atoms with Crippen molar-refractivity contribution < 1.29 is 28.8 Å². The van der Waals surface area contributed by atoms with Gasteiger partial charge in [-0.1, -0.05) is 0 Å². The summed E-state index contributed by atoms with van der Waals surface area (Å²) < 4.78 is 10.6. The van der Waals surface area contributed by atoms with Crippen LogP contribution in [0.2, 0.25) is 0 Å². The number of nitro groups is 1. The van der Waals surface area contributed by atoms with Crippen LogP contribution in [0, 0.1) is 10.1 Å². The van der Waals surface area contributed by atoms with Gasteiger partial charge in [-0.25, -0.2) is 10.2 Å². The Hall–Kier alpha value is -5.06. The lowest BCUT2D eigenvalue weighted by Crippen LogP contribution is -2.32. The van der Waals surface area contributed by atoms with E-state index in [1.54, 1.807) is 43.3 Å². The molecule has 11 heteroatoms. The Bertz CT molecular complexity index is 1290. The number of ether oxygens (including phenoxy) is 2. The second kappa shape index (κ2) is 11.9.